The first-order valence-electron chi connectivity index (χ1n) is 5.80. The summed E-state index contributed by atoms with van der Waals surface area (Å²) >= 11 is 0. The molecule has 2 aromatic rings. The average molecular weight is 209 g/mol. The van der Waals surface area contributed by atoms with Crippen molar-refractivity contribution in [1.82, 2.24) is 4.57 Å². The monoisotopic (exact) mass is 209 g/mol. The molecule has 1 aliphatic rings. The van der Waals surface area contributed by atoms with Crippen LogP contribution in [0.15, 0.2) is 43.0 Å². The number of para-hydroxylation sites is 1. The van der Waals surface area contributed by atoms with Crippen molar-refractivity contribution in [2.45, 2.75) is 19.3 Å². The van der Waals surface area contributed by atoms with Gasteiger partial charge in [-0.25, -0.2) is 0 Å². The maximum absolute atomic E-state index is 3.93. The van der Waals surface area contributed by atoms with Gasteiger partial charge < -0.3 is 4.57 Å². The van der Waals surface area contributed by atoms with Crippen molar-refractivity contribution < 1.29 is 0 Å². The zero-order valence-electron chi connectivity index (χ0n) is 9.32. The van der Waals surface area contributed by atoms with Gasteiger partial charge in [0.1, 0.15) is 0 Å². The second-order valence-corrected chi connectivity index (χ2v) is 4.21. The third-order valence-electron chi connectivity index (χ3n) is 3.35. The van der Waals surface area contributed by atoms with Crippen LogP contribution in [0.1, 0.15) is 17.7 Å². The molecule has 3 rings (SSSR count). The number of rotatable bonds is 1. The summed E-state index contributed by atoms with van der Waals surface area (Å²) in [6, 6.07) is 8.60. The fourth-order valence-electron chi connectivity index (χ4n) is 2.63. The number of fused-ring (bicyclic) bond motifs is 3. The minimum Gasteiger partial charge on any atom is -0.321 e. The molecule has 1 heterocycles. The van der Waals surface area contributed by atoms with Crippen LogP contribution >= 0.6 is 0 Å². The van der Waals surface area contributed by atoms with E-state index in [-0.39, 0.29) is 0 Å². The molecule has 1 aliphatic carbocycles. The Balaban J connectivity index is 2.39. The Hall–Kier alpha value is -1.76. The third kappa shape index (κ3) is 1.25. The van der Waals surface area contributed by atoms with Crippen molar-refractivity contribution in [1.29, 1.82) is 0 Å². The molecule has 1 aromatic heterocycles. The number of aromatic nitrogens is 1. The van der Waals surface area contributed by atoms with Crippen LogP contribution in [0.2, 0.25) is 0 Å². The van der Waals surface area contributed by atoms with Crippen LogP contribution in [-0.4, -0.2) is 4.57 Å². The van der Waals surface area contributed by atoms with Crippen molar-refractivity contribution in [2.75, 3.05) is 0 Å². The second kappa shape index (κ2) is 3.67. The highest BCUT2D eigenvalue weighted by atomic mass is 15.0. The SMILES string of the molecule is C=Cn1c2c(c3ccccc31)CC=CCC2. The Morgan fingerprint density at radius 1 is 1.19 bits per heavy atom. The molecule has 0 saturated heterocycles. The Bertz CT molecular complexity index is 572. The Morgan fingerprint density at radius 3 is 2.94 bits per heavy atom. The molecule has 16 heavy (non-hydrogen) atoms. The Morgan fingerprint density at radius 2 is 2.06 bits per heavy atom. The lowest BCUT2D eigenvalue weighted by atomic mass is 10.1. The number of hydrogen-bond acceptors (Lipinski definition) is 0. The van der Waals surface area contributed by atoms with Crippen molar-refractivity contribution in [2.24, 2.45) is 0 Å². The fraction of sp³-hybridized carbons (Fsp3) is 0.200. The molecule has 1 nitrogen and oxygen atoms in total. The maximum Gasteiger partial charge on any atom is 0.0528 e. The smallest absolute Gasteiger partial charge is 0.0528 e. The molecule has 80 valence electrons. The second-order valence-electron chi connectivity index (χ2n) is 4.21. The first kappa shape index (κ1) is 9.46. The number of benzene rings is 1. The highest BCUT2D eigenvalue weighted by molar-refractivity contribution is 5.87. The van der Waals surface area contributed by atoms with E-state index in [1.165, 1.54) is 22.2 Å². The van der Waals surface area contributed by atoms with E-state index in [0.29, 0.717) is 0 Å². The maximum atomic E-state index is 3.93. The Kier molecular flexibility index (Phi) is 2.17. The van der Waals surface area contributed by atoms with Gasteiger partial charge in [0.25, 0.3) is 0 Å². The minimum absolute atomic E-state index is 1.05. The van der Waals surface area contributed by atoms with Crippen molar-refractivity contribution in [3.63, 3.8) is 0 Å². The van der Waals surface area contributed by atoms with Gasteiger partial charge in [-0.2, -0.15) is 0 Å². The van der Waals surface area contributed by atoms with Gasteiger partial charge in [0.2, 0.25) is 0 Å². The van der Waals surface area contributed by atoms with E-state index in [4.69, 9.17) is 0 Å². The van der Waals surface area contributed by atoms with Crippen molar-refractivity contribution in [3.8, 4) is 0 Å². The van der Waals surface area contributed by atoms with Gasteiger partial charge in [0, 0.05) is 17.3 Å². The summed E-state index contributed by atoms with van der Waals surface area (Å²) in [7, 11) is 0. The van der Waals surface area contributed by atoms with Gasteiger partial charge in [-0.15, -0.1) is 0 Å². The molecule has 0 unspecified atom stereocenters. The third-order valence-corrected chi connectivity index (χ3v) is 3.35. The number of nitrogens with zero attached hydrogens (tertiary/aromatic N) is 1. The van der Waals surface area contributed by atoms with Crippen molar-refractivity contribution in [3.05, 3.63) is 54.3 Å². The molecule has 0 amide bonds. The zero-order valence-corrected chi connectivity index (χ0v) is 9.32. The van der Waals surface area contributed by atoms with E-state index in [1.54, 1.807) is 0 Å². The molecule has 0 spiro atoms. The Labute approximate surface area is 95.7 Å². The van der Waals surface area contributed by atoms with Crippen LogP contribution in [0.25, 0.3) is 17.1 Å². The van der Waals surface area contributed by atoms with Crippen LogP contribution in [0.4, 0.5) is 0 Å². The highest BCUT2D eigenvalue weighted by Crippen LogP contribution is 2.29. The van der Waals surface area contributed by atoms with E-state index in [0.717, 1.165) is 19.3 Å². The molecular weight excluding hydrogens is 194 g/mol. The minimum atomic E-state index is 1.05. The molecular formula is C15H15N. The lowest BCUT2D eigenvalue weighted by molar-refractivity contribution is 0.920. The topological polar surface area (TPSA) is 4.93 Å². The summed E-state index contributed by atoms with van der Waals surface area (Å²) in [5, 5.41) is 1.38. The van der Waals surface area contributed by atoms with Crippen LogP contribution in [0, 0.1) is 0 Å². The lowest BCUT2D eigenvalue weighted by Gasteiger charge is -2.04. The van der Waals surface area contributed by atoms with E-state index < -0.39 is 0 Å². The summed E-state index contributed by atoms with van der Waals surface area (Å²) in [5.41, 5.74) is 4.20. The molecule has 0 radical (unpaired) electrons. The number of allylic oxidation sites excluding steroid dienone is 2. The molecule has 1 heteroatoms. The molecule has 0 bridgehead atoms. The predicted molar refractivity (Wildman–Crippen MR) is 69.5 cm³/mol. The molecule has 0 fully saturated rings. The lowest BCUT2D eigenvalue weighted by Crippen LogP contribution is -1.95. The first-order valence-corrected chi connectivity index (χ1v) is 5.80. The average Bonchev–Trinajstić information content (AvgIpc) is 2.49. The first-order chi connectivity index (χ1) is 7.92. The van der Waals surface area contributed by atoms with Crippen LogP contribution in [-0.2, 0) is 12.8 Å². The summed E-state index contributed by atoms with van der Waals surface area (Å²) in [6.45, 7) is 3.93. The van der Waals surface area contributed by atoms with Gasteiger partial charge in [0.15, 0.2) is 0 Å². The number of hydrogen-bond donors (Lipinski definition) is 0. The van der Waals surface area contributed by atoms with E-state index in [9.17, 15) is 0 Å². The van der Waals surface area contributed by atoms with Gasteiger partial charge in [-0.3, -0.25) is 0 Å². The molecule has 0 aliphatic heterocycles. The quantitative estimate of drug-likeness (QED) is 0.630. The van der Waals surface area contributed by atoms with Gasteiger partial charge in [-0.05, 0) is 30.9 Å². The van der Waals surface area contributed by atoms with E-state index >= 15 is 0 Å². The standard InChI is InChI=1S/C15H15N/c1-2-16-14-10-5-3-4-8-12(14)13-9-6-7-11-15(13)16/h2-4,6-7,9,11H,1,5,8,10H2. The van der Waals surface area contributed by atoms with E-state index in [2.05, 4.69) is 47.6 Å². The van der Waals surface area contributed by atoms with Gasteiger partial charge in [-0.1, -0.05) is 36.9 Å². The molecule has 0 N–H and O–H groups in total. The van der Waals surface area contributed by atoms with Crippen LogP contribution in [0.5, 0.6) is 0 Å². The fourth-order valence-corrected chi connectivity index (χ4v) is 2.63. The summed E-state index contributed by atoms with van der Waals surface area (Å²) < 4.78 is 2.25. The van der Waals surface area contributed by atoms with Gasteiger partial charge in [0.05, 0.1) is 5.52 Å². The summed E-state index contributed by atoms with van der Waals surface area (Å²) in [5.74, 6) is 0. The molecule has 1 aromatic carbocycles. The van der Waals surface area contributed by atoms with Crippen LogP contribution < -0.4 is 0 Å². The zero-order chi connectivity index (χ0) is 11.0. The van der Waals surface area contributed by atoms with Crippen LogP contribution in [0.3, 0.4) is 0 Å². The summed E-state index contributed by atoms with van der Waals surface area (Å²) in [6.07, 6.45) is 9.81. The van der Waals surface area contributed by atoms with Crippen molar-refractivity contribution >= 4 is 17.1 Å². The molecule has 0 saturated carbocycles. The largest absolute Gasteiger partial charge is 0.321 e. The molecule has 0 atom stereocenters. The van der Waals surface area contributed by atoms with Gasteiger partial charge >= 0.3 is 0 Å². The normalized spacial score (nSPS) is 14.8. The highest BCUT2D eigenvalue weighted by Gasteiger charge is 2.14. The van der Waals surface area contributed by atoms with E-state index in [1.807, 2.05) is 6.20 Å². The predicted octanol–water partition coefficient (Wildman–Crippen LogP) is 3.79. The summed E-state index contributed by atoms with van der Waals surface area (Å²) in [4.78, 5) is 0.